The number of benzene rings is 2. The van der Waals surface area contributed by atoms with Crippen molar-refractivity contribution in [2.75, 3.05) is 0 Å². The van der Waals surface area contributed by atoms with E-state index in [4.69, 9.17) is 5.73 Å². The first-order valence-electron chi connectivity index (χ1n) is 5.98. The van der Waals surface area contributed by atoms with Gasteiger partial charge in [0.15, 0.2) is 0 Å². The maximum Gasteiger partial charge on any atom is 0.130 e. The summed E-state index contributed by atoms with van der Waals surface area (Å²) in [7, 11) is 0. The van der Waals surface area contributed by atoms with Gasteiger partial charge in [-0.3, -0.25) is 0 Å². The minimum atomic E-state index is -0.549. The summed E-state index contributed by atoms with van der Waals surface area (Å²) in [6.45, 7) is 1.93. The molecule has 0 aromatic heterocycles. The number of hydrogen-bond acceptors (Lipinski definition) is 2. The molecule has 0 aliphatic heterocycles. The topological polar surface area (TPSA) is 26.0 Å². The number of nitrogens with two attached hydrogens (primary N) is 1. The van der Waals surface area contributed by atoms with Crippen LogP contribution in [0.3, 0.4) is 0 Å². The SMILES string of the molecule is CC(N)c1ccc(SCc2ccc(F)cc2F)cc1. The van der Waals surface area contributed by atoms with E-state index in [1.165, 1.54) is 23.9 Å². The van der Waals surface area contributed by atoms with Crippen LogP contribution < -0.4 is 5.73 Å². The minimum Gasteiger partial charge on any atom is -0.324 e. The van der Waals surface area contributed by atoms with E-state index in [-0.39, 0.29) is 6.04 Å². The second-order valence-electron chi connectivity index (χ2n) is 4.38. The van der Waals surface area contributed by atoms with Gasteiger partial charge in [0.2, 0.25) is 0 Å². The van der Waals surface area contributed by atoms with Gasteiger partial charge in [-0.25, -0.2) is 8.78 Å². The van der Waals surface area contributed by atoms with Crippen molar-refractivity contribution < 1.29 is 8.78 Å². The molecule has 0 aliphatic carbocycles. The van der Waals surface area contributed by atoms with Crippen molar-refractivity contribution in [3.63, 3.8) is 0 Å². The van der Waals surface area contributed by atoms with E-state index >= 15 is 0 Å². The Morgan fingerprint density at radius 3 is 2.37 bits per heavy atom. The number of rotatable bonds is 4. The Labute approximate surface area is 115 Å². The summed E-state index contributed by atoms with van der Waals surface area (Å²) < 4.78 is 26.2. The molecule has 0 bridgehead atoms. The molecule has 4 heteroatoms. The molecule has 2 aromatic rings. The summed E-state index contributed by atoms with van der Waals surface area (Å²) in [4.78, 5) is 1.04. The lowest BCUT2D eigenvalue weighted by Gasteiger charge is -2.07. The van der Waals surface area contributed by atoms with Gasteiger partial charge in [0.25, 0.3) is 0 Å². The molecule has 0 aliphatic rings. The van der Waals surface area contributed by atoms with Gasteiger partial charge in [-0.15, -0.1) is 11.8 Å². The van der Waals surface area contributed by atoms with Crippen LogP contribution in [0.1, 0.15) is 24.1 Å². The van der Waals surface area contributed by atoms with Crippen LogP contribution >= 0.6 is 11.8 Å². The van der Waals surface area contributed by atoms with Crippen molar-refractivity contribution >= 4 is 11.8 Å². The largest absolute Gasteiger partial charge is 0.324 e. The average molecular weight is 279 g/mol. The number of thioether (sulfide) groups is 1. The summed E-state index contributed by atoms with van der Waals surface area (Å²) in [6, 6.07) is 11.5. The van der Waals surface area contributed by atoms with Crippen molar-refractivity contribution in [1.82, 2.24) is 0 Å². The lowest BCUT2D eigenvalue weighted by Crippen LogP contribution is -2.04. The van der Waals surface area contributed by atoms with E-state index in [1.54, 1.807) is 0 Å². The molecule has 2 rings (SSSR count). The zero-order valence-corrected chi connectivity index (χ0v) is 11.4. The standard InChI is InChI=1S/C15H15F2NS/c1-10(18)11-3-6-14(7-4-11)19-9-12-2-5-13(16)8-15(12)17/h2-8,10H,9,18H2,1H3. The van der Waals surface area contributed by atoms with E-state index in [2.05, 4.69) is 0 Å². The molecule has 0 heterocycles. The minimum absolute atomic E-state index is 0.00796. The molecular weight excluding hydrogens is 264 g/mol. The predicted octanol–water partition coefficient (Wildman–Crippen LogP) is 4.28. The van der Waals surface area contributed by atoms with Crippen molar-refractivity contribution in [3.8, 4) is 0 Å². The summed E-state index contributed by atoms with van der Waals surface area (Å²) in [6.07, 6.45) is 0. The van der Waals surface area contributed by atoms with Gasteiger partial charge in [0.05, 0.1) is 0 Å². The second kappa shape index (κ2) is 6.17. The quantitative estimate of drug-likeness (QED) is 0.845. The summed E-state index contributed by atoms with van der Waals surface area (Å²) in [5, 5.41) is 0. The van der Waals surface area contributed by atoms with E-state index in [9.17, 15) is 8.78 Å². The molecule has 0 saturated carbocycles. The van der Waals surface area contributed by atoms with Gasteiger partial charge >= 0.3 is 0 Å². The molecule has 19 heavy (non-hydrogen) atoms. The van der Waals surface area contributed by atoms with E-state index < -0.39 is 11.6 Å². The molecule has 0 amide bonds. The van der Waals surface area contributed by atoms with Crippen molar-refractivity contribution in [1.29, 1.82) is 0 Å². The lowest BCUT2D eigenvalue weighted by molar-refractivity contribution is 0.576. The zero-order chi connectivity index (χ0) is 13.8. The van der Waals surface area contributed by atoms with Gasteiger partial charge in [-0.05, 0) is 36.2 Å². The molecule has 1 unspecified atom stereocenters. The van der Waals surface area contributed by atoms with Gasteiger partial charge in [-0.1, -0.05) is 18.2 Å². The van der Waals surface area contributed by atoms with E-state index in [0.29, 0.717) is 11.3 Å². The normalized spacial score (nSPS) is 12.4. The van der Waals surface area contributed by atoms with Crippen molar-refractivity contribution in [3.05, 3.63) is 65.2 Å². The van der Waals surface area contributed by atoms with Crippen molar-refractivity contribution in [2.45, 2.75) is 23.6 Å². The van der Waals surface area contributed by atoms with Crippen LogP contribution in [0.4, 0.5) is 8.78 Å². The molecule has 2 N–H and O–H groups in total. The first-order chi connectivity index (χ1) is 9.06. The Morgan fingerprint density at radius 1 is 1.11 bits per heavy atom. The Morgan fingerprint density at radius 2 is 1.79 bits per heavy atom. The fourth-order valence-electron chi connectivity index (χ4n) is 1.67. The third-order valence-electron chi connectivity index (χ3n) is 2.82. The first kappa shape index (κ1) is 14.0. The molecular formula is C15H15F2NS. The van der Waals surface area contributed by atoms with Gasteiger partial charge in [0, 0.05) is 22.8 Å². The fraction of sp³-hybridized carbons (Fsp3) is 0.200. The number of halogens is 2. The van der Waals surface area contributed by atoms with E-state index in [1.807, 2.05) is 31.2 Å². The molecule has 1 nitrogen and oxygen atoms in total. The van der Waals surface area contributed by atoms with Gasteiger partial charge < -0.3 is 5.73 Å². The van der Waals surface area contributed by atoms with Gasteiger partial charge in [-0.2, -0.15) is 0 Å². The van der Waals surface area contributed by atoms with E-state index in [0.717, 1.165) is 16.5 Å². The smallest absolute Gasteiger partial charge is 0.130 e. The van der Waals surface area contributed by atoms with Crippen LogP contribution in [0.2, 0.25) is 0 Å². The second-order valence-corrected chi connectivity index (χ2v) is 5.43. The monoisotopic (exact) mass is 279 g/mol. The molecule has 0 saturated heterocycles. The highest BCUT2D eigenvalue weighted by atomic mass is 32.2. The first-order valence-corrected chi connectivity index (χ1v) is 6.97. The fourth-order valence-corrected chi connectivity index (χ4v) is 2.55. The molecule has 100 valence electrons. The molecule has 2 aromatic carbocycles. The summed E-state index contributed by atoms with van der Waals surface area (Å²) in [5.74, 6) is -0.573. The molecule has 0 spiro atoms. The average Bonchev–Trinajstić information content (AvgIpc) is 2.38. The third kappa shape index (κ3) is 3.78. The Kier molecular flexibility index (Phi) is 4.56. The van der Waals surface area contributed by atoms with Crippen LogP contribution in [-0.4, -0.2) is 0 Å². The van der Waals surface area contributed by atoms with Crippen molar-refractivity contribution in [2.24, 2.45) is 5.73 Å². The van der Waals surface area contributed by atoms with Crippen LogP contribution in [0.15, 0.2) is 47.4 Å². The highest BCUT2D eigenvalue weighted by Gasteiger charge is 2.05. The van der Waals surface area contributed by atoms with Gasteiger partial charge in [0.1, 0.15) is 11.6 Å². The summed E-state index contributed by atoms with van der Waals surface area (Å²) in [5.41, 5.74) is 7.34. The Balaban J connectivity index is 2.02. The third-order valence-corrected chi connectivity index (χ3v) is 3.88. The van der Waals surface area contributed by atoms with Crippen LogP contribution in [0, 0.1) is 11.6 Å². The molecule has 1 atom stereocenters. The van der Waals surface area contributed by atoms with Crippen LogP contribution in [0.5, 0.6) is 0 Å². The summed E-state index contributed by atoms with van der Waals surface area (Å²) >= 11 is 1.51. The maximum absolute atomic E-state index is 13.5. The molecule has 0 radical (unpaired) electrons. The zero-order valence-electron chi connectivity index (χ0n) is 10.6. The highest BCUT2D eigenvalue weighted by Crippen LogP contribution is 2.25. The van der Waals surface area contributed by atoms with Crippen LogP contribution in [-0.2, 0) is 5.75 Å². The predicted molar refractivity (Wildman–Crippen MR) is 75.0 cm³/mol. The lowest BCUT2D eigenvalue weighted by atomic mass is 10.1. The number of hydrogen-bond donors (Lipinski definition) is 1. The Bertz CT molecular complexity index is 553. The van der Waals surface area contributed by atoms with Crippen LogP contribution in [0.25, 0.3) is 0 Å². The molecule has 0 fully saturated rings. The highest BCUT2D eigenvalue weighted by molar-refractivity contribution is 7.98. The maximum atomic E-state index is 13.5. The Hall–Kier alpha value is -1.39.